The zero-order valence-electron chi connectivity index (χ0n) is 13.9. The summed E-state index contributed by atoms with van der Waals surface area (Å²) < 4.78 is 4.71. The van der Waals surface area contributed by atoms with Gasteiger partial charge in [-0.25, -0.2) is 4.79 Å². The first-order valence-electron chi connectivity index (χ1n) is 8.26. The molecule has 0 saturated heterocycles. The number of aryl methyl sites for hydroxylation is 1. The zero-order valence-corrected chi connectivity index (χ0v) is 13.9. The Hall–Kier alpha value is -1.88. The summed E-state index contributed by atoms with van der Waals surface area (Å²) >= 11 is 0. The van der Waals surface area contributed by atoms with Crippen molar-refractivity contribution in [3.8, 4) is 0 Å². The predicted molar refractivity (Wildman–Crippen MR) is 90.3 cm³/mol. The Morgan fingerprint density at radius 1 is 1.30 bits per heavy atom. The number of methoxy groups -OCH3 is 1. The topological polar surface area (TPSA) is 81.4 Å². The molecule has 1 aromatic carbocycles. The Labute approximate surface area is 137 Å². The van der Waals surface area contributed by atoms with E-state index in [0.717, 1.165) is 24.8 Å². The van der Waals surface area contributed by atoms with E-state index >= 15 is 0 Å². The molecule has 0 aliphatic heterocycles. The summed E-state index contributed by atoms with van der Waals surface area (Å²) in [6.45, 7) is 1.88. The van der Waals surface area contributed by atoms with E-state index in [9.17, 15) is 9.59 Å². The van der Waals surface area contributed by atoms with Crippen LogP contribution in [-0.4, -0.2) is 25.0 Å². The standard InChI is InChI=1S/C18H26N2O3/c1-12-8-9-14(18(22)23-2)11-16(12)20-17(21)15(19)10-13-6-4-3-5-7-13/h8-9,11,13,15H,3-7,10,19H2,1-2H3,(H,20,21). The maximum atomic E-state index is 12.3. The van der Waals surface area contributed by atoms with Crippen molar-refractivity contribution in [2.75, 3.05) is 12.4 Å². The van der Waals surface area contributed by atoms with Crippen LogP contribution in [0.1, 0.15) is 54.4 Å². The van der Waals surface area contributed by atoms with Crippen molar-refractivity contribution in [2.24, 2.45) is 11.7 Å². The number of rotatable bonds is 5. The van der Waals surface area contributed by atoms with Crippen molar-refractivity contribution < 1.29 is 14.3 Å². The normalized spacial score (nSPS) is 16.7. The maximum absolute atomic E-state index is 12.3. The lowest BCUT2D eigenvalue weighted by Gasteiger charge is -2.24. The molecule has 2 rings (SSSR count). The van der Waals surface area contributed by atoms with E-state index in [4.69, 9.17) is 10.5 Å². The van der Waals surface area contributed by atoms with Gasteiger partial charge < -0.3 is 15.8 Å². The molecule has 1 amide bonds. The van der Waals surface area contributed by atoms with E-state index in [1.165, 1.54) is 26.4 Å². The second-order valence-corrected chi connectivity index (χ2v) is 6.36. The fourth-order valence-corrected chi connectivity index (χ4v) is 3.12. The van der Waals surface area contributed by atoms with Crippen molar-refractivity contribution in [1.82, 2.24) is 0 Å². The molecule has 1 saturated carbocycles. The van der Waals surface area contributed by atoms with Crippen LogP contribution < -0.4 is 11.1 Å². The molecule has 1 atom stereocenters. The highest BCUT2D eigenvalue weighted by Crippen LogP contribution is 2.27. The predicted octanol–water partition coefficient (Wildman–Crippen LogP) is 3.02. The van der Waals surface area contributed by atoms with Crippen LogP contribution in [0.2, 0.25) is 0 Å². The van der Waals surface area contributed by atoms with E-state index in [1.54, 1.807) is 18.2 Å². The summed E-state index contributed by atoms with van der Waals surface area (Å²) in [5.74, 6) is -0.0697. The van der Waals surface area contributed by atoms with Gasteiger partial charge >= 0.3 is 5.97 Å². The van der Waals surface area contributed by atoms with E-state index in [-0.39, 0.29) is 5.91 Å². The maximum Gasteiger partial charge on any atom is 0.337 e. The molecule has 0 radical (unpaired) electrons. The van der Waals surface area contributed by atoms with Crippen molar-refractivity contribution in [2.45, 2.75) is 51.5 Å². The van der Waals surface area contributed by atoms with Crippen LogP contribution in [0.15, 0.2) is 18.2 Å². The van der Waals surface area contributed by atoms with Crippen LogP contribution in [0.25, 0.3) is 0 Å². The molecule has 5 nitrogen and oxygen atoms in total. The smallest absolute Gasteiger partial charge is 0.337 e. The Bertz CT molecular complexity index is 565. The van der Waals surface area contributed by atoms with Gasteiger partial charge in [0.1, 0.15) is 0 Å². The van der Waals surface area contributed by atoms with E-state index in [0.29, 0.717) is 17.2 Å². The van der Waals surface area contributed by atoms with E-state index in [2.05, 4.69) is 5.32 Å². The minimum atomic E-state index is -0.515. The van der Waals surface area contributed by atoms with Crippen LogP contribution in [-0.2, 0) is 9.53 Å². The van der Waals surface area contributed by atoms with E-state index in [1.807, 2.05) is 6.92 Å². The van der Waals surface area contributed by atoms with Gasteiger partial charge in [-0.15, -0.1) is 0 Å². The van der Waals surface area contributed by atoms with Gasteiger partial charge in [-0.2, -0.15) is 0 Å². The lowest BCUT2D eigenvalue weighted by atomic mass is 9.85. The van der Waals surface area contributed by atoms with Crippen molar-refractivity contribution in [3.63, 3.8) is 0 Å². The third-order valence-electron chi connectivity index (χ3n) is 4.57. The number of carbonyl (C=O) groups excluding carboxylic acids is 2. The molecule has 0 heterocycles. The monoisotopic (exact) mass is 318 g/mol. The average Bonchev–Trinajstić information content (AvgIpc) is 2.56. The first-order valence-corrected chi connectivity index (χ1v) is 8.26. The lowest BCUT2D eigenvalue weighted by Crippen LogP contribution is -2.37. The molecule has 1 unspecified atom stereocenters. The molecule has 0 bridgehead atoms. The van der Waals surface area contributed by atoms with Gasteiger partial charge in [-0.05, 0) is 37.0 Å². The van der Waals surface area contributed by atoms with Crippen LogP contribution >= 0.6 is 0 Å². The highest BCUT2D eigenvalue weighted by atomic mass is 16.5. The van der Waals surface area contributed by atoms with Crippen molar-refractivity contribution in [1.29, 1.82) is 0 Å². The van der Waals surface area contributed by atoms with Crippen molar-refractivity contribution >= 4 is 17.6 Å². The van der Waals surface area contributed by atoms with Crippen LogP contribution in [0, 0.1) is 12.8 Å². The number of hydrogen-bond donors (Lipinski definition) is 2. The van der Waals surface area contributed by atoms with Crippen LogP contribution in [0.4, 0.5) is 5.69 Å². The molecule has 5 heteroatoms. The molecule has 1 aliphatic carbocycles. The first kappa shape index (κ1) is 17.5. The number of nitrogens with two attached hydrogens (primary N) is 1. The second kappa shape index (κ2) is 8.11. The molecule has 3 N–H and O–H groups in total. The SMILES string of the molecule is COC(=O)c1ccc(C)c(NC(=O)C(N)CC2CCCCC2)c1. The molecule has 0 spiro atoms. The number of ether oxygens (including phenoxy) is 1. The molecule has 126 valence electrons. The Balaban J connectivity index is 1.99. The molecule has 1 aromatic rings. The summed E-state index contributed by atoms with van der Waals surface area (Å²) in [5, 5.41) is 2.85. The Morgan fingerprint density at radius 3 is 2.65 bits per heavy atom. The molecular weight excluding hydrogens is 292 g/mol. The number of anilines is 1. The summed E-state index contributed by atoms with van der Waals surface area (Å²) in [5.41, 5.74) is 7.97. The Kier molecular flexibility index (Phi) is 6.16. The van der Waals surface area contributed by atoms with Gasteiger partial charge in [0, 0.05) is 5.69 Å². The van der Waals surface area contributed by atoms with Gasteiger partial charge in [0.15, 0.2) is 0 Å². The Morgan fingerprint density at radius 2 is 2.00 bits per heavy atom. The van der Waals surface area contributed by atoms with Crippen molar-refractivity contribution in [3.05, 3.63) is 29.3 Å². The number of nitrogens with one attached hydrogen (secondary N) is 1. The molecule has 23 heavy (non-hydrogen) atoms. The number of esters is 1. The average molecular weight is 318 g/mol. The number of amides is 1. The lowest BCUT2D eigenvalue weighted by molar-refractivity contribution is -0.117. The van der Waals surface area contributed by atoms with Crippen LogP contribution in [0.3, 0.4) is 0 Å². The summed E-state index contributed by atoms with van der Waals surface area (Å²) in [7, 11) is 1.33. The van der Waals surface area contributed by atoms with Gasteiger partial charge in [-0.1, -0.05) is 38.2 Å². The quantitative estimate of drug-likeness (QED) is 0.818. The fourth-order valence-electron chi connectivity index (χ4n) is 3.12. The first-order chi connectivity index (χ1) is 11.0. The fraction of sp³-hybridized carbons (Fsp3) is 0.556. The summed E-state index contributed by atoms with van der Waals surface area (Å²) in [4.78, 5) is 23.9. The molecule has 1 aliphatic rings. The van der Waals surface area contributed by atoms with Gasteiger partial charge in [0.2, 0.25) is 5.91 Å². The number of hydrogen-bond acceptors (Lipinski definition) is 4. The minimum Gasteiger partial charge on any atom is -0.465 e. The molecule has 1 fully saturated rings. The van der Waals surface area contributed by atoms with Gasteiger partial charge in [-0.3, -0.25) is 4.79 Å². The molecule has 0 aromatic heterocycles. The number of benzene rings is 1. The van der Waals surface area contributed by atoms with Gasteiger partial charge in [0.05, 0.1) is 18.7 Å². The second-order valence-electron chi connectivity index (χ2n) is 6.36. The highest BCUT2D eigenvalue weighted by Gasteiger charge is 2.22. The zero-order chi connectivity index (χ0) is 16.8. The number of carbonyl (C=O) groups is 2. The third-order valence-corrected chi connectivity index (χ3v) is 4.57. The van der Waals surface area contributed by atoms with Crippen LogP contribution in [0.5, 0.6) is 0 Å². The van der Waals surface area contributed by atoms with E-state index < -0.39 is 12.0 Å². The highest BCUT2D eigenvalue weighted by molar-refractivity contribution is 5.97. The van der Waals surface area contributed by atoms with Gasteiger partial charge in [0.25, 0.3) is 0 Å². The largest absolute Gasteiger partial charge is 0.465 e. The summed E-state index contributed by atoms with van der Waals surface area (Å²) in [6, 6.07) is 4.58. The molecular formula is C18H26N2O3. The third kappa shape index (κ3) is 4.79. The minimum absolute atomic E-state index is 0.194. The summed E-state index contributed by atoms with van der Waals surface area (Å²) in [6.07, 6.45) is 6.81.